The molecule has 0 saturated carbocycles. The molecule has 0 amide bonds. The summed E-state index contributed by atoms with van der Waals surface area (Å²) >= 11 is 5.53. The summed E-state index contributed by atoms with van der Waals surface area (Å²) in [6.07, 6.45) is 0. The Labute approximate surface area is 85.0 Å². The van der Waals surface area contributed by atoms with Crippen LogP contribution in [0, 0.1) is 5.41 Å². The number of rotatable bonds is 5. The van der Waals surface area contributed by atoms with Crippen LogP contribution in [0.15, 0.2) is 0 Å². The third-order valence-electron chi connectivity index (χ3n) is 1.49. The van der Waals surface area contributed by atoms with Crippen molar-refractivity contribution in [2.24, 2.45) is 5.41 Å². The minimum atomic E-state index is -2.13. The van der Waals surface area contributed by atoms with Gasteiger partial charge < -0.3 is 0 Å². The van der Waals surface area contributed by atoms with E-state index in [4.69, 9.17) is 0 Å². The third-order valence-corrected chi connectivity index (χ3v) is 2.32. The van der Waals surface area contributed by atoms with E-state index in [1.165, 1.54) is 0 Å². The van der Waals surface area contributed by atoms with Crippen LogP contribution < -0.4 is 0 Å². The minimum Gasteiger partial charge on any atom is -0.297 e. The summed E-state index contributed by atoms with van der Waals surface area (Å²) in [6.45, 7) is -3.98. The highest BCUT2D eigenvalue weighted by atomic mass is 79.9. The zero-order valence-corrected chi connectivity index (χ0v) is 9.17. The van der Waals surface area contributed by atoms with Crippen LogP contribution in [0.1, 0.15) is 0 Å². The fraction of sp³-hybridized carbons (Fsp3) is 0.833. The van der Waals surface area contributed by atoms with Gasteiger partial charge in [-0.3, -0.25) is 4.79 Å². The third kappa shape index (κ3) is 2.45. The molecule has 0 aliphatic carbocycles. The van der Waals surface area contributed by atoms with Crippen LogP contribution in [0.2, 0.25) is 0 Å². The number of carbonyl (C=O) groups excluding carboxylic acids is 1. The molecule has 0 bridgehead atoms. The van der Waals surface area contributed by atoms with E-state index < -0.39 is 35.0 Å². The Bertz CT molecular complexity index is 151. The van der Waals surface area contributed by atoms with Crippen LogP contribution in [0.3, 0.4) is 0 Å². The predicted octanol–water partition coefficient (Wildman–Crippen LogP) is 2.57. The molecular formula is C6H7Br2F3O. The molecule has 0 aliphatic rings. The smallest absolute Gasteiger partial charge is 0.171 e. The van der Waals surface area contributed by atoms with Gasteiger partial charge in [-0.15, -0.1) is 0 Å². The lowest BCUT2D eigenvalue weighted by Gasteiger charge is -2.22. The minimum absolute atomic E-state index is 0.852. The first-order chi connectivity index (χ1) is 5.54. The normalized spacial score (nSPS) is 12.2. The zero-order valence-electron chi connectivity index (χ0n) is 6.00. The molecule has 72 valence electrons. The summed E-state index contributed by atoms with van der Waals surface area (Å²) in [5, 5.41) is 0. The fourth-order valence-corrected chi connectivity index (χ4v) is 1.51. The molecule has 6 heteroatoms. The molecule has 0 aromatic carbocycles. The quantitative estimate of drug-likeness (QED) is 0.713. The van der Waals surface area contributed by atoms with E-state index in [-0.39, 0.29) is 0 Å². The van der Waals surface area contributed by atoms with Crippen molar-refractivity contribution in [2.45, 2.75) is 3.74 Å². The van der Waals surface area contributed by atoms with Crippen molar-refractivity contribution in [3.63, 3.8) is 0 Å². The monoisotopic (exact) mass is 310 g/mol. The van der Waals surface area contributed by atoms with Gasteiger partial charge in [0, 0.05) is 0 Å². The van der Waals surface area contributed by atoms with Gasteiger partial charge in [-0.1, -0.05) is 31.9 Å². The second kappa shape index (κ2) is 5.21. The van der Waals surface area contributed by atoms with E-state index in [1.54, 1.807) is 0 Å². The standard InChI is InChI=1S/C6H7Br2F3O/c7-5(8)4(12)6(1-9,2-10)3-11/h5H,1-3H2. The topological polar surface area (TPSA) is 17.1 Å². The van der Waals surface area contributed by atoms with Gasteiger partial charge in [-0.2, -0.15) is 0 Å². The first-order valence-electron chi connectivity index (χ1n) is 3.04. The van der Waals surface area contributed by atoms with Crippen LogP contribution in [-0.2, 0) is 4.79 Å². The Morgan fingerprint density at radius 1 is 1.17 bits per heavy atom. The Morgan fingerprint density at radius 3 is 1.58 bits per heavy atom. The maximum atomic E-state index is 12.2. The maximum Gasteiger partial charge on any atom is 0.171 e. The van der Waals surface area contributed by atoms with E-state index in [9.17, 15) is 18.0 Å². The molecule has 0 fully saturated rings. The van der Waals surface area contributed by atoms with E-state index in [2.05, 4.69) is 31.9 Å². The molecule has 0 aromatic rings. The second-order valence-electron chi connectivity index (χ2n) is 2.35. The molecule has 0 aliphatic heterocycles. The molecule has 0 aromatic heterocycles. The number of alkyl halides is 5. The summed E-state index contributed by atoms with van der Waals surface area (Å²) in [5.74, 6) is -0.852. The molecule has 12 heavy (non-hydrogen) atoms. The van der Waals surface area contributed by atoms with E-state index in [1.807, 2.05) is 0 Å². The molecule has 0 atom stereocenters. The Hall–Kier alpha value is 0.420. The maximum absolute atomic E-state index is 12.2. The highest BCUT2D eigenvalue weighted by Crippen LogP contribution is 2.27. The van der Waals surface area contributed by atoms with Crippen molar-refractivity contribution in [3.8, 4) is 0 Å². The van der Waals surface area contributed by atoms with Gasteiger partial charge >= 0.3 is 0 Å². The van der Waals surface area contributed by atoms with Gasteiger partial charge in [0.05, 0.1) is 0 Å². The van der Waals surface area contributed by atoms with Crippen LogP contribution in [0.25, 0.3) is 0 Å². The molecular weight excluding hydrogens is 305 g/mol. The first-order valence-corrected chi connectivity index (χ1v) is 4.87. The molecule has 0 spiro atoms. The number of Topliss-reactive ketones (excluding diaryl/α,β-unsaturated/α-hetero) is 1. The van der Waals surface area contributed by atoms with Crippen molar-refractivity contribution in [1.29, 1.82) is 0 Å². The predicted molar refractivity (Wildman–Crippen MR) is 47.0 cm³/mol. The van der Waals surface area contributed by atoms with Crippen LogP contribution >= 0.6 is 31.9 Å². The van der Waals surface area contributed by atoms with Crippen LogP contribution in [-0.4, -0.2) is 29.5 Å². The van der Waals surface area contributed by atoms with Crippen molar-refractivity contribution in [1.82, 2.24) is 0 Å². The lowest BCUT2D eigenvalue weighted by atomic mass is 9.89. The first kappa shape index (κ1) is 12.4. The summed E-state index contributed by atoms with van der Waals surface area (Å²) in [4.78, 5) is 11.0. The number of halogens is 5. The second-order valence-corrected chi connectivity index (χ2v) is 5.41. The van der Waals surface area contributed by atoms with E-state index >= 15 is 0 Å². The summed E-state index contributed by atoms with van der Waals surface area (Å²) in [6, 6.07) is 0. The highest BCUT2D eigenvalue weighted by molar-refractivity contribution is 9.25. The van der Waals surface area contributed by atoms with Crippen molar-refractivity contribution < 1.29 is 18.0 Å². The lowest BCUT2D eigenvalue weighted by Crippen LogP contribution is -2.40. The van der Waals surface area contributed by atoms with Gasteiger partial charge in [0.2, 0.25) is 0 Å². The molecule has 0 saturated heterocycles. The average molecular weight is 312 g/mol. The van der Waals surface area contributed by atoms with Crippen molar-refractivity contribution in [2.75, 3.05) is 20.0 Å². The average Bonchev–Trinajstić information content (AvgIpc) is 2.08. The van der Waals surface area contributed by atoms with Crippen LogP contribution in [0.4, 0.5) is 13.2 Å². The summed E-state index contributed by atoms with van der Waals surface area (Å²) < 4.78 is 35.6. The van der Waals surface area contributed by atoms with E-state index in [0.29, 0.717) is 0 Å². The largest absolute Gasteiger partial charge is 0.297 e. The molecule has 0 rings (SSSR count). The van der Waals surface area contributed by atoms with Gasteiger partial charge in [-0.05, 0) is 0 Å². The van der Waals surface area contributed by atoms with Crippen molar-refractivity contribution >= 4 is 37.6 Å². The Balaban J connectivity index is 4.59. The van der Waals surface area contributed by atoms with E-state index in [0.717, 1.165) is 0 Å². The Morgan fingerprint density at radius 2 is 1.50 bits per heavy atom. The van der Waals surface area contributed by atoms with Crippen molar-refractivity contribution in [3.05, 3.63) is 0 Å². The highest BCUT2D eigenvalue weighted by Gasteiger charge is 2.41. The number of ketones is 1. The molecule has 0 radical (unpaired) electrons. The lowest BCUT2D eigenvalue weighted by molar-refractivity contribution is -0.129. The molecule has 0 unspecified atom stereocenters. The summed E-state index contributed by atoms with van der Waals surface area (Å²) in [5.41, 5.74) is -2.13. The number of hydrogen-bond donors (Lipinski definition) is 0. The fourth-order valence-electron chi connectivity index (χ4n) is 0.536. The molecule has 0 N–H and O–H groups in total. The number of carbonyl (C=O) groups is 1. The van der Waals surface area contributed by atoms with Gasteiger partial charge in [0.25, 0.3) is 0 Å². The number of hydrogen-bond acceptors (Lipinski definition) is 1. The molecule has 1 nitrogen and oxygen atoms in total. The van der Waals surface area contributed by atoms with Gasteiger partial charge in [-0.25, -0.2) is 13.2 Å². The summed E-state index contributed by atoms with van der Waals surface area (Å²) in [7, 11) is 0. The zero-order chi connectivity index (χ0) is 9.78. The van der Waals surface area contributed by atoms with Gasteiger partial charge in [0.1, 0.15) is 29.2 Å². The molecule has 0 heterocycles. The van der Waals surface area contributed by atoms with Crippen LogP contribution in [0.5, 0.6) is 0 Å². The van der Waals surface area contributed by atoms with Gasteiger partial charge in [0.15, 0.2) is 5.78 Å². The SMILES string of the molecule is O=C(C(Br)Br)C(CF)(CF)CF. The Kier molecular flexibility index (Phi) is 5.40.